The number of hydrogen-bond acceptors (Lipinski definition) is 6. The molecule has 1 aromatic heterocycles. The van der Waals surface area contributed by atoms with Gasteiger partial charge in [-0.05, 0) is 37.9 Å². The van der Waals surface area contributed by atoms with Crippen molar-refractivity contribution in [3.05, 3.63) is 43.5 Å². The number of halogens is 2. The maximum atomic E-state index is 10.7. The topological polar surface area (TPSA) is 87.4 Å². The molecule has 1 heterocycles. The van der Waals surface area contributed by atoms with Gasteiger partial charge in [0.15, 0.2) is 5.75 Å². The zero-order chi connectivity index (χ0) is 14.7. The number of rotatable bonds is 4. The molecule has 7 nitrogen and oxygen atoms in total. The highest BCUT2D eigenvalue weighted by atomic mass is 79.9. The second kappa shape index (κ2) is 6.14. The van der Waals surface area contributed by atoms with Crippen LogP contribution in [0.3, 0.4) is 0 Å². The van der Waals surface area contributed by atoms with Gasteiger partial charge in [0.05, 0.1) is 33.2 Å². The fourth-order valence-corrected chi connectivity index (χ4v) is 1.99. The van der Waals surface area contributed by atoms with E-state index in [1.54, 1.807) is 0 Å². The van der Waals surface area contributed by atoms with E-state index < -0.39 is 4.92 Å². The fourth-order valence-electron chi connectivity index (χ4n) is 1.31. The molecule has 20 heavy (non-hydrogen) atoms. The van der Waals surface area contributed by atoms with Gasteiger partial charge in [-0.2, -0.15) is 4.98 Å². The molecule has 0 bridgehead atoms. The van der Waals surface area contributed by atoms with Crippen molar-refractivity contribution >= 4 is 37.5 Å². The van der Waals surface area contributed by atoms with Gasteiger partial charge in [-0.15, -0.1) is 0 Å². The number of ether oxygens (including phenoxy) is 2. The van der Waals surface area contributed by atoms with Gasteiger partial charge in [-0.1, -0.05) is 0 Å². The summed E-state index contributed by atoms with van der Waals surface area (Å²) in [5.74, 6) is 0.542. The first-order chi connectivity index (χ1) is 9.51. The predicted octanol–water partition coefficient (Wildman–Crippen LogP) is 3.71. The maximum absolute atomic E-state index is 10.7. The van der Waals surface area contributed by atoms with Crippen molar-refractivity contribution in [2.75, 3.05) is 7.11 Å². The van der Waals surface area contributed by atoms with Crippen LogP contribution in [0.5, 0.6) is 17.6 Å². The summed E-state index contributed by atoms with van der Waals surface area (Å²) in [6.07, 6.45) is 1.46. The molecule has 0 radical (unpaired) electrons. The molecular weight excluding hydrogens is 398 g/mol. The number of hydrogen-bond donors (Lipinski definition) is 0. The summed E-state index contributed by atoms with van der Waals surface area (Å²) in [7, 11) is 1.46. The van der Waals surface area contributed by atoms with Crippen LogP contribution in [0, 0.1) is 10.1 Å². The number of methoxy groups -OCH3 is 1. The smallest absolute Gasteiger partial charge is 0.325 e. The van der Waals surface area contributed by atoms with E-state index in [2.05, 4.69) is 41.8 Å². The van der Waals surface area contributed by atoms with Crippen molar-refractivity contribution in [1.82, 2.24) is 9.97 Å². The van der Waals surface area contributed by atoms with E-state index in [0.29, 0.717) is 14.8 Å². The first-order valence-corrected chi connectivity index (χ1v) is 6.78. The largest absolute Gasteiger partial charge is 0.480 e. The zero-order valence-electron chi connectivity index (χ0n) is 10.0. The molecule has 104 valence electrons. The summed E-state index contributed by atoms with van der Waals surface area (Å²) in [4.78, 5) is 18.2. The highest BCUT2D eigenvalue weighted by Gasteiger charge is 2.13. The molecule has 0 fully saturated rings. The predicted molar refractivity (Wildman–Crippen MR) is 77.2 cm³/mol. The van der Waals surface area contributed by atoms with Crippen LogP contribution in [0.15, 0.2) is 33.3 Å². The molecule has 2 aromatic rings. The minimum Gasteiger partial charge on any atom is -0.480 e. The van der Waals surface area contributed by atoms with E-state index >= 15 is 0 Å². The Morgan fingerprint density at radius 3 is 2.70 bits per heavy atom. The highest BCUT2D eigenvalue weighted by molar-refractivity contribution is 9.10. The third-order valence-electron chi connectivity index (χ3n) is 2.21. The Hall–Kier alpha value is -1.74. The minimum absolute atomic E-state index is 0.0197. The Kier molecular flexibility index (Phi) is 4.50. The average Bonchev–Trinajstić information content (AvgIpc) is 2.43. The number of nitro benzene ring substituents is 1. The highest BCUT2D eigenvalue weighted by Crippen LogP contribution is 2.33. The molecule has 0 aliphatic heterocycles. The minimum atomic E-state index is -0.512. The van der Waals surface area contributed by atoms with E-state index in [1.165, 1.54) is 31.5 Å². The molecule has 0 unspecified atom stereocenters. The molecule has 0 aliphatic carbocycles. The molecule has 0 aliphatic rings. The number of nitro groups is 1. The Bertz CT molecular complexity index is 666. The first-order valence-electron chi connectivity index (χ1n) is 5.19. The Labute approximate surface area is 130 Å². The molecule has 2 rings (SSSR count). The Morgan fingerprint density at radius 1 is 1.30 bits per heavy atom. The first kappa shape index (κ1) is 14.7. The molecule has 1 aromatic carbocycles. The van der Waals surface area contributed by atoms with Crippen LogP contribution in [0.25, 0.3) is 0 Å². The third kappa shape index (κ3) is 3.23. The van der Waals surface area contributed by atoms with E-state index in [9.17, 15) is 10.1 Å². The zero-order valence-corrected chi connectivity index (χ0v) is 13.2. The molecule has 0 N–H and O–H groups in total. The van der Waals surface area contributed by atoms with Crippen LogP contribution in [0.1, 0.15) is 0 Å². The molecule has 9 heteroatoms. The summed E-state index contributed by atoms with van der Waals surface area (Å²) >= 11 is 6.46. The second-order valence-corrected chi connectivity index (χ2v) is 5.19. The fraction of sp³-hybridized carbons (Fsp3) is 0.0909. The molecular formula is C11H7Br2N3O4. The summed E-state index contributed by atoms with van der Waals surface area (Å²) < 4.78 is 11.6. The summed E-state index contributed by atoms with van der Waals surface area (Å²) in [6, 6.07) is 4.18. The van der Waals surface area contributed by atoms with Crippen molar-refractivity contribution in [2.24, 2.45) is 0 Å². The SMILES string of the molecule is COc1nc(Oc2cc([N+](=O)[O-])ccc2Br)ncc1Br. The maximum Gasteiger partial charge on any atom is 0.325 e. The van der Waals surface area contributed by atoms with Crippen LogP contribution >= 0.6 is 31.9 Å². The van der Waals surface area contributed by atoms with Crippen LogP contribution in [0.2, 0.25) is 0 Å². The van der Waals surface area contributed by atoms with Gasteiger partial charge in [0.2, 0.25) is 5.88 Å². The number of benzene rings is 1. The van der Waals surface area contributed by atoms with Gasteiger partial charge < -0.3 is 9.47 Å². The Morgan fingerprint density at radius 2 is 2.05 bits per heavy atom. The van der Waals surface area contributed by atoms with Gasteiger partial charge in [-0.3, -0.25) is 10.1 Å². The lowest BCUT2D eigenvalue weighted by atomic mass is 10.3. The van der Waals surface area contributed by atoms with E-state index in [4.69, 9.17) is 9.47 Å². The van der Waals surface area contributed by atoms with Gasteiger partial charge >= 0.3 is 6.01 Å². The van der Waals surface area contributed by atoms with Crippen molar-refractivity contribution < 1.29 is 14.4 Å². The summed E-state index contributed by atoms with van der Waals surface area (Å²) in [5.41, 5.74) is -0.0905. The van der Waals surface area contributed by atoms with Gasteiger partial charge in [-0.25, -0.2) is 4.98 Å². The van der Waals surface area contributed by atoms with Crippen molar-refractivity contribution in [1.29, 1.82) is 0 Å². The monoisotopic (exact) mass is 403 g/mol. The summed E-state index contributed by atoms with van der Waals surface area (Å²) in [5, 5.41) is 10.7. The number of nitrogens with zero attached hydrogens (tertiary/aromatic N) is 3. The lowest BCUT2D eigenvalue weighted by Crippen LogP contribution is -1.97. The van der Waals surface area contributed by atoms with E-state index in [0.717, 1.165) is 0 Å². The van der Waals surface area contributed by atoms with Crippen LogP contribution in [0.4, 0.5) is 5.69 Å². The standard InChI is InChI=1S/C11H7Br2N3O4/c1-19-10-8(13)5-14-11(15-10)20-9-4-6(16(17)18)2-3-7(9)12/h2-5H,1H3. The van der Waals surface area contributed by atoms with Gasteiger partial charge in [0.1, 0.15) is 0 Å². The van der Waals surface area contributed by atoms with Crippen molar-refractivity contribution in [3.8, 4) is 17.6 Å². The lowest BCUT2D eigenvalue weighted by Gasteiger charge is -2.07. The quantitative estimate of drug-likeness (QED) is 0.570. The van der Waals surface area contributed by atoms with Crippen LogP contribution < -0.4 is 9.47 Å². The molecule has 0 atom stereocenters. The van der Waals surface area contributed by atoms with Crippen LogP contribution in [-0.4, -0.2) is 22.0 Å². The molecule has 0 amide bonds. The molecule has 0 saturated carbocycles. The van der Waals surface area contributed by atoms with E-state index in [-0.39, 0.29) is 17.4 Å². The number of non-ortho nitro benzene ring substituents is 1. The number of aromatic nitrogens is 2. The van der Waals surface area contributed by atoms with Gasteiger partial charge in [0, 0.05) is 6.07 Å². The average molecular weight is 405 g/mol. The van der Waals surface area contributed by atoms with E-state index in [1.807, 2.05) is 0 Å². The summed E-state index contributed by atoms with van der Waals surface area (Å²) in [6.45, 7) is 0. The Balaban J connectivity index is 2.34. The third-order valence-corrected chi connectivity index (χ3v) is 3.41. The van der Waals surface area contributed by atoms with Gasteiger partial charge in [0.25, 0.3) is 5.69 Å². The van der Waals surface area contributed by atoms with Crippen molar-refractivity contribution in [3.63, 3.8) is 0 Å². The molecule has 0 spiro atoms. The normalized spacial score (nSPS) is 10.2. The second-order valence-electron chi connectivity index (χ2n) is 3.48. The lowest BCUT2D eigenvalue weighted by molar-refractivity contribution is -0.384. The van der Waals surface area contributed by atoms with Crippen molar-refractivity contribution in [2.45, 2.75) is 0 Å². The molecule has 0 saturated heterocycles. The van der Waals surface area contributed by atoms with Crippen LogP contribution in [-0.2, 0) is 0 Å².